The number of fused-ring (bicyclic) bond motifs is 1. The molecule has 0 aliphatic heterocycles. The standard InChI is InChI=1S/C4H3N5.C3H8/c1-2-6-8-9-4(1)5-3-7-9;1-3-2/h1-3H;3H2,1-2H3. The topological polar surface area (TPSA) is 56.0 Å². The molecule has 0 bridgehead atoms. The number of nitrogens with zero attached hydrogens (tertiary/aromatic N) is 5. The van der Waals surface area contributed by atoms with E-state index in [0.717, 1.165) is 0 Å². The lowest BCUT2D eigenvalue weighted by Crippen LogP contribution is -1.94. The zero-order chi connectivity index (χ0) is 8.81. The van der Waals surface area contributed by atoms with E-state index in [4.69, 9.17) is 0 Å². The number of rotatable bonds is 0. The molecule has 0 fully saturated rings. The molecule has 2 rings (SSSR count). The Bertz CT molecular complexity index is 299. The van der Waals surface area contributed by atoms with Crippen LogP contribution in [0, 0.1) is 0 Å². The summed E-state index contributed by atoms with van der Waals surface area (Å²) in [6.45, 7) is 4.25. The fourth-order valence-corrected chi connectivity index (χ4v) is 0.602. The second-order valence-electron chi connectivity index (χ2n) is 2.24. The second-order valence-corrected chi connectivity index (χ2v) is 2.24. The first-order valence-corrected chi connectivity index (χ1v) is 3.86. The molecule has 0 aromatic carbocycles. The minimum atomic E-state index is 0.713. The van der Waals surface area contributed by atoms with Gasteiger partial charge >= 0.3 is 0 Å². The monoisotopic (exact) mass is 165 g/mol. The summed E-state index contributed by atoms with van der Waals surface area (Å²) < 4.78 is 1.36. The molecule has 0 amide bonds. The summed E-state index contributed by atoms with van der Waals surface area (Å²) in [5.74, 6) is 0. The van der Waals surface area contributed by atoms with E-state index in [1.165, 1.54) is 17.4 Å². The summed E-state index contributed by atoms with van der Waals surface area (Å²) in [4.78, 5) is 3.87. The summed E-state index contributed by atoms with van der Waals surface area (Å²) in [5, 5.41) is 11.0. The second kappa shape index (κ2) is 4.38. The first kappa shape index (κ1) is 8.58. The van der Waals surface area contributed by atoms with Gasteiger partial charge in [-0.05, 0) is 5.21 Å². The van der Waals surface area contributed by atoms with Gasteiger partial charge in [-0.2, -0.15) is 0 Å². The van der Waals surface area contributed by atoms with Crippen molar-refractivity contribution >= 4 is 5.65 Å². The Balaban J connectivity index is 0.000000213. The van der Waals surface area contributed by atoms with Gasteiger partial charge in [-0.3, -0.25) is 0 Å². The third-order valence-electron chi connectivity index (χ3n) is 0.983. The zero-order valence-corrected chi connectivity index (χ0v) is 7.18. The highest BCUT2D eigenvalue weighted by molar-refractivity contribution is 5.30. The smallest absolute Gasteiger partial charge is 0.179 e. The third-order valence-corrected chi connectivity index (χ3v) is 0.983. The van der Waals surface area contributed by atoms with Gasteiger partial charge in [-0.25, -0.2) is 4.98 Å². The predicted molar refractivity (Wildman–Crippen MR) is 44.5 cm³/mol. The maximum atomic E-state index is 3.87. The van der Waals surface area contributed by atoms with Crippen LogP contribution in [0.1, 0.15) is 20.3 Å². The summed E-state index contributed by atoms with van der Waals surface area (Å²) in [6.07, 6.45) is 4.26. The minimum absolute atomic E-state index is 0.713. The molecule has 64 valence electrons. The van der Waals surface area contributed by atoms with Crippen LogP contribution in [-0.2, 0) is 0 Å². The van der Waals surface area contributed by atoms with Crippen LogP contribution in [0.15, 0.2) is 18.6 Å². The minimum Gasteiger partial charge on any atom is -0.213 e. The van der Waals surface area contributed by atoms with Crippen molar-refractivity contribution in [3.8, 4) is 0 Å². The zero-order valence-electron chi connectivity index (χ0n) is 7.18. The average Bonchev–Trinajstić information content (AvgIpc) is 2.52. The van der Waals surface area contributed by atoms with Gasteiger partial charge < -0.3 is 0 Å². The molecule has 2 heterocycles. The van der Waals surface area contributed by atoms with Gasteiger partial charge in [0.25, 0.3) is 0 Å². The van der Waals surface area contributed by atoms with Crippen LogP contribution in [0.25, 0.3) is 5.65 Å². The fourth-order valence-electron chi connectivity index (χ4n) is 0.602. The Labute approximate surface area is 70.4 Å². The Morgan fingerprint density at radius 3 is 2.83 bits per heavy atom. The summed E-state index contributed by atoms with van der Waals surface area (Å²) >= 11 is 0. The van der Waals surface area contributed by atoms with E-state index in [0.29, 0.717) is 5.65 Å². The van der Waals surface area contributed by atoms with E-state index in [1.54, 1.807) is 12.3 Å². The Morgan fingerprint density at radius 1 is 1.42 bits per heavy atom. The van der Waals surface area contributed by atoms with Crippen molar-refractivity contribution in [1.82, 2.24) is 25.0 Å². The van der Waals surface area contributed by atoms with Crippen LogP contribution in [0.3, 0.4) is 0 Å². The van der Waals surface area contributed by atoms with Gasteiger partial charge in [-0.1, -0.05) is 20.3 Å². The molecule has 5 nitrogen and oxygen atoms in total. The molecule has 0 spiro atoms. The summed E-state index contributed by atoms with van der Waals surface area (Å²) in [5.41, 5.74) is 0.713. The molecule has 0 unspecified atom stereocenters. The Kier molecular flexibility index (Phi) is 3.13. The SMILES string of the molecule is CCC.c1cc2ncnn2nn1. The first-order valence-electron chi connectivity index (χ1n) is 3.86. The molecule has 0 radical (unpaired) electrons. The van der Waals surface area contributed by atoms with E-state index in [1.807, 2.05) is 0 Å². The van der Waals surface area contributed by atoms with Crippen molar-refractivity contribution in [1.29, 1.82) is 0 Å². The Morgan fingerprint density at radius 2 is 2.17 bits per heavy atom. The largest absolute Gasteiger partial charge is 0.213 e. The van der Waals surface area contributed by atoms with Crippen LogP contribution >= 0.6 is 0 Å². The predicted octanol–water partition coefficient (Wildman–Crippen LogP) is 0.936. The van der Waals surface area contributed by atoms with Crippen molar-refractivity contribution in [2.75, 3.05) is 0 Å². The van der Waals surface area contributed by atoms with Gasteiger partial charge in [0, 0.05) is 6.07 Å². The lowest BCUT2D eigenvalue weighted by atomic mass is 10.6. The highest BCUT2D eigenvalue weighted by Gasteiger charge is 1.89. The average molecular weight is 165 g/mol. The number of hydrogen-bond acceptors (Lipinski definition) is 4. The quantitative estimate of drug-likeness (QED) is 0.582. The van der Waals surface area contributed by atoms with Gasteiger partial charge in [-0.15, -0.1) is 14.8 Å². The van der Waals surface area contributed by atoms with Crippen molar-refractivity contribution in [2.45, 2.75) is 20.3 Å². The molecular weight excluding hydrogens is 154 g/mol. The van der Waals surface area contributed by atoms with E-state index >= 15 is 0 Å². The van der Waals surface area contributed by atoms with E-state index < -0.39 is 0 Å². The maximum Gasteiger partial charge on any atom is 0.179 e. The van der Waals surface area contributed by atoms with Crippen LogP contribution < -0.4 is 0 Å². The lowest BCUT2D eigenvalue weighted by molar-refractivity contribution is 0.718. The molecule has 2 aromatic rings. The highest BCUT2D eigenvalue weighted by atomic mass is 15.5. The number of hydrogen-bond donors (Lipinski definition) is 0. The number of aromatic nitrogens is 5. The fraction of sp³-hybridized carbons (Fsp3) is 0.429. The molecule has 5 heteroatoms. The van der Waals surface area contributed by atoms with Crippen LogP contribution in [0.2, 0.25) is 0 Å². The molecular formula is C7H11N5. The van der Waals surface area contributed by atoms with Gasteiger partial charge in [0.1, 0.15) is 6.33 Å². The van der Waals surface area contributed by atoms with E-state index in [9.17, 15) is 0 Å². The molecule has 12 heavy (non-hydrogen) atoms. The maximum absolute atomic E-state index is 3.87. The van der Waals surface area contributed by atoms with Crippen molar-refractivity contribution in [3.05, 3.63) is 18.6 Å². The molecule has 0 aliphatic carbocycles. The molecule has 0 aliphatic rings. The Hall–Kier alpha value is -1.52. The van der Waals surface area contributed by atoms with Crippen LogP contribution in [0.5, 0.6) is 0 Å². The first-order chi connectivity index (χ1) is 5.88. The molecule has 0 atom stereocenters. The van der Waals surface area contributed by atoms with E-state index in [2.05, 4.69) is 34.2 Å². The molecule has 0 N–H and O–H groups in total. The van der Waals surface area contributed by atoms with Gasteiger partial charge in [0.05, 0.1) is 6.20 Å². The van der Waals surface area contributed by atoms with Crippen molar-refractivity contribution in [3.63, 3.8) is 0 Å². The molecule has 0 saturated heterocycles. The van der Waals surface area contributed by atoms with Crippen LogP contribution in [0.4, 0.5) is 0 Å². The normalized spacial score (nSPS) is 9.17. The molecule has 2 aromatic heterocycles. The summed E-state index contributed by atoms with van der Waals surface area (Å²) in [6, 6.07) is 1.74. The van der Waals surface area contributed by atoms with Crippen LogP contribution in [-0.4, -0.2) is 25.0 Å². The van der Waals surface area contributed by atoms with Gasteiger partial charge in [0.2, 0.25) is 0 Å². The van der Waals surface area contributed by atoms with Gasteiger partial charge in [0.15, 0.2) is 5.65 Å². The van der Waals surface area contributed by atoms with Crippen molar-refractivity contribution in [2.24, 2.45) is 0 Å². The highest BCUT2D eigenvalue weighted by Crippen LogP contribution is 1.87. The summed E-state index contributed by atoms with van der Waals surface area (Å²) in [7, 11) is 0. The van der Waals surface area contributed by atoms with E-state index in [-0.39, 0.29) is 0 Å². The third kappa shape index (κ3) is 1.98. The lowest BCUT2D eigenvalue weighted by Gasteiger charge is -1.81. The van der Waals surface area contributed by atoms with Crippen molar-refractivity contribution < 1.29 is 0 Å². The molecule has 0 saturated carbocycles.